The highest BCUT2D eigenvalue weighted by Crippen LogP contribution is 2.66. The van der Waals surface area contributed by atoms with Gasteiger partial charge in [-0.25, -0.2) is 0 Å². The van der Waals surface area contributed by atoms with Crippen LogP contribution in [-0.2, 0) is 11.8 Å². The lowest BCUT2D eigenvalue weighted by Gasteiger charge is -2.64. The molecule has 1 saturated carbocycles. The topological polar surface area (TPSA) is 90.3 Å². The second-order valence-corrected chi connectivity index (χ2v) is 10.7. The van der Waals surface area contributed by atoms with E-state index in [2.05, 4.69) is 11.5 Å². The molecule has 3 heterocycles. The zero-order valence-corrected chi connectivity index (χ0v) is 19.7. The molecule has 2 fully saturated rings. The van der Waals surface area contributed by atoms with Crippen molar-refractivity contribution in [2.75, 3.05) is 13.1 Å². The van der Waals surface area contributed by atoms with Gasteiger partial charge in [0.15, 0.2) is 11.5 Å². The van der Waals surface area contributed by atoms with Gasteiger partial charge in [-0.1, -0.05) is 24.3 Å². The predicted molar refractivity (Wildman–Crippen MR) is 128 cm³/mol. The molecule has 2 N–H and O–H groups in total. The van der Waals surface area contributed by atoms with Crippen LogP contribution in [0.15, 0.2) is 43.0 Å². The fourth-order valence-electron chi connectivity index (χ4n) is 8.03. The van der Waals surface area contributed by atoms with E-state index in [0.717, 1.165) is 23.2 Å². The zero-order valence-electron chi connectivity index (χ0n) is 19.7. The van der Waals surface area contributed by atoms with Gasteiger partial charge >= 0.3 is 0 Å². The summed E-state index contributed by atoms with van der Waals surface area (Å²) in [4.78, 5) is 30.8. The summed E-state index contributed by atoms with van der Waals surface area (Å²) < 4.78 is 6.53. The largest absolute Gasteiger partial charge is 0.504 e. The first-order chi connectivity index (χ1) is 16.8. The van der Waals surface area contributed by atoms with Crippen molar-refractivity contribution in [3.8, 4) is 11.5 Å². The summed E-state index contributed by atoms with van der Waals surface area (Å²) in [6, 6.07) is 8.27. The lowest BCUT2D eigenvalue weighted by molar-refractivity contribution is -0.194. The first-order valence-electron chi connectivity index (χ1n) is 12.4. The third kappa shape index (κ3) is 2.29. The van der Waals surface area contributed by atoms with E-state index in [4.69, 9.17) is 4.74 Å². The van der Waals surface area contributed by atoms with Crippen molar-refractivity contribution in [2.45, 2.75) is 61.8 Å². The Labute approximate surface area is 203 Å². The molecule has 5 aliphatic rings. The van der Waals surface area contributed by atoms with Crippen LogP contribution in [0.3, 0.4) is 0 Å². The molecule has 2 aromatic rings. The number of nitrogens with zero attached hydrogens (tertiary/aromatic N) is 2. The number of piperidine rings is 1. The molecule has 2 aliphatic carbocycles. The third-order valence-corrected chi connectivity index (χ3v) is 9.39. The first-order valence-corrected chi connectivity index (χ1v) is 12.4. The summed E-state index contributed by atoms with van der Waals surface area (Å²) in [5.74, 6) is -0.156. The standard InChI is InChI=1S/C28H28N2O5/c1-3-12-29-13-11-27-22-16-7-8-19(31)23(22)35-24(27)18(9-10-28(27,34)20(29)14-16)30-25(32)17-6-4-5-15(2)21(17)26(30)33/h3-8,18,20,24,31,34H,1,9-14H2,2H3/t18?,20-,24?,27+,28-/m1/s1. The Morgan fingerprint density at radius 2 is 2.03 bits per heavy atom. The maximum absolute atomic E-state index is 13.6. The van der Waals surface area contributed by atoms with Crippen molar-refractivity contribution in [1.29, 1.82) is 0 Å². The fourth-order valence-corrected chi connectivity index (χ4v) is 8.03. The molecule has 0 aromatic heterocycles. The Morgan fingerprint density at radius 1 is 1.20 bits per heavy atom. The minimum absolute atomic E-state index is 0.0406. The zero-order chi connectivity index (χ0) is 24.3. The number of carbonyl (C=O) groups is 2. The highest BCUT2D eigenvalue weighted by Gasteiger charge is 2.74. The molecule has 2 unspecified atom stereocenters. The third-order valence-electron chi connectivity index (χ3n) is 9.39. The van der Waals surface area contributed by atoms with Crippen molar-refractivity contribution in [3.63, 3.8) is 0 Å². The molecular weight excluding hydrogens is 444 g/mol. The van der Waals surface area contributed by atoms with Crippen molar-refractivity contribution in [3.05, 3.63) is 70.8 Å². The van der Waals surface area contributed by atoms with E-state index in [-0.39, 0.29) is 23.6 Å². The quantitative estimate of drug-likeness (QED) is 0.528. The lowest BCUT2D eigenvalue weighted by Crippen LogP contribution is -2.78. The number of likely N-dealkylation sites (tertiary alicyclic amines) is 1. The average Bonchev–Trinajstić information content (AvgIpc) is 3.31. The number of benzene rings is 2. The summed E-state index contributed by atoms with van der Waals surface area (Å²) in [7, 11) is 0. The Hall–Kier alpha value is -3.16. The summed E-state index contributed by atoms with van der Waals surface area (Å²) in [6.07, 6.45) is 3.39. The Bertz CT molecular complexity index is 1340. The van der Waals surface area contributed by atoms with Gasteiger partial charge in [0.1, 0.15) is 6.10 Å². The lowest BCUT2D eigenvalue weighted by atomic mass is 9.48. The normalized spacial score (nSPS) is 34.5. The van der Waals surface area contributed by atoms with Crippen molar-refractivity contribution >= 4 is 11.8 Å². The summed E-state index contributed by atoms with van der Waals surface area (Å²) in [5.41, 5.74) is 1.69. The Kier molecular flexibility index (Phi) is 4.07. The minimum Gasteiger partial charge on any atom is -0.504 e. The van der Waals surface area contributed by atoms with E-state index in [1.807, 2.05) is 25.1 Å². The molecule has 7 heteroatoms. The molecule has 7 nitrogen and oxygen atoms in total. The maximum atomic E-state index is 13.6. The van der Waals surface area contributed by atoms with Gasteiger partial charge in [-0.15, -0.1) is 6.58 Å². The molecule has 2 amide bonds. The molecule has 2 aromatic carbocycles. The highest BCUT2D eigenvalue weighted by molar-refractivity contribution is 6.22. The minimum atomic E-state index is -1.10. The number of imide groups is 1. The number of aryl methyl sites for hydroxylation is 1. The van der Waals surface area contributed by atoms with Gasteiger partial charge in [0.05, 0.1) is 28.2 Å². The number of aromatic hydroxyl groups is 1. The van der Waals surface area contributed by atoms with E-state index in [1.165, 1.54) is 4.90 Å². The van der Waals surface area contributed by atoms with Gasteiger partial charge in [0.2, 0.25) is 0 Å². The Balaban J connectivity index is 1.40. The van der Waals surface area contributed by atoms with Crippen molar-refractivity contribution in [1.82, 2.24) is 9.80 Å². The molecule has 0 radical (unpaired) electrons. The van der Waals surface area contributed by atoms with E-state index >= 15 is 0 Å². The number of amides is 2. The highest BCUT2D eigenvalue weighted by atomic mass is 16.5. The second kappa shape index (κ2) is 6.74. The van der Waals surface area contributed by atoms with E-state index < -0.39 is 23.2 Å². The van der Waals surface area contributed by atoms with Gasteiger partial charge < -0.3 is 14.9 Å². The van der Waals surface area contributed by atoms with Crippen molar-refractivity contribution < 1.29 is 24.5 Å². The summed E-state index contributed by atoms with van der Waals surface area (Å²) in [5, 5.41) is 23.3. The number of phenolic OH excluding ortho intramolecular Hbond substituents is 1. The molecule has 180 valence electrons. The van der Waals surface area contributed by atoms with Crippen LogP contribution in [0.25, 0.3) is 0 Å². The summed E-state index contributed by atoms with van der Waals surface area (Å²) in [6.45, 7) is 7.17. The molecule has 35 heavy (non-hydrogen) atoms. The number of hydrogen-bond acceptors (Lipinski definition) is 6. The monoisotopic (exact) mass is 472 g/mol. The molecule has 1 spiro atoms. The SMILES string of the molecule is C=CCN1CC[C@]23c4c5ccc(O)c4OC2C(N2C(=O)c4cccc(C)c4C2=O)CC[C@@]3(O)[C@H]1C5. The van der Waals surface area contributed by atoms with Crippen LogP contribution in [0.2, 0.25) is 0 Å². The van der Waals surface area contributed by atoms with Crippen LogP contribution in [0, 0.1) is 6.92 Å². The molecule has 7 rings (SSSR count). The van der Waals surface area contributed by atoms with Gasteiger partial charge in [-0.3, -0.25) is 19.4 Å². The van der Waals surface area contributed by atoms with Gasteiger partial charge in [-0.2, -0.15) is 0 Å². The van der Waals surface area contributed by atoms with E-state index in [1.54, 1.807) is 18.2 Å². The average molecular weight is 473 g/mol. The van der Waals surface area contributed by atoms with Crippen LogP contribution < -0.4 is 4.74 Å². The number of aliphatic hydroxyl groups is 1. The van der Waals surface area contributed by atoms with E-state index in [0.29, 0.717) is 49.1 Å². The number of phenols is 1. The van der Waals surface area contributed by atoms with Crippen LogP contribution in [-0.4, -0.2) is 68.7 Å². The van der Waals surface area contributed by atoms with Crippen LogP contribution in [0.5, 0.6) is 11.5 Å². The number of rotatable bonds is 3. The van der Waals surface area contributed by atoms with Crippen LogP contribution in [0.1, 0.15) is 56.7 Å². The number of ether oxygens (including phenoxy) is 1. The fraction of sp³-hybridized carbons (Fsp3) is 0.429. The second-order valence-electron chi connectivity index (χ2n) is 10.7. The van der Waals surface area contributed by atoms with Crippen LogP contribution in [0.4, 0.5) is 0 Å². The smallest absolute Gasteiger partial charge is 0.262 e. The molecular formula is C28H28N2O5. The van der Waals surface area contributed by atoms with Gasteiger partial charge in [0.25, 0.3) is 11.8 Å². The van der Waals surface area contributed by atoms with Crippen LogP contribution >= 0.6 is 0 Å². The molecule has 5 atom stereocenters. The maximum Gasteiger partial charge on any atom is 0.262 e. The van der Waals surface area contributed by atoms with Gasteiger partial charge in [-0.05, 0) is 62.4 Å². The Morgan fingerprint density at radius 3 is 2.80 bits per heavy atom. The molecule has 3 aliphatic heterocycles. The molecule has 2 bridgehead atoms. The van der Waals surface area contributed by atoms with Crippen molar-refractivity contribution in [2.24, 2.45) is 0 Å². The predicted octanol–water partition coefficient (Wildman–Crippen LogP) is 2.71. The van der Waals surface area contributed by atoms with E-state index in [9.17, 15) is 19.8 Å². The van der Waals surface area contributed by atoms with Gasteiger partial charge in [0, 0.05) is 18.2 Å². The number of hydrogen-bond donors (Lipinski definition) is 2. The molecule has 1 saturated heterocycles. The summed E-state index contributed by atoms with van der Waals surface area (Å²) >= 11 is 0. The first kappa shape index (κ1) is 21.1. The number of fused-ring (bicyclic) bond motifs is 1. The number of carbonyl (C=O) groups excluding carboxylic acids is 2.